The molecule has 0 aliphatic carbocycles. The van der Waals surface area contributed by atoms with Crippen LogP contribution in [0.3, 0.4) is 0 Å². The molecule has 1 N–H and O–H groups in total. The number of fused-ring (bicyclic) bond motifs is 1. The predicted octanol–water partition coefficient (Wildman–Crippen LogP) is 3.05. The Hall–Kier alpha value is -2.48. The van der Waals surface area contributed by atoms with Crippen molar-refractivity contribution in [1.29, 1.82) is 0 Å². The van der Waals surface area contributed by atoms with Crippen LogP contribution in [-0.4, -0.2) is 25.2 Å². The second-order valence-corrected chi connectivity index (χ2v) is 7.19. The van der Waals surface area contributed by atoms with Crippen molar-refractivity contribution in [3.05, 3.63) is 39.8 Å². The summed E-state index contributed by atoms with van der Waals surface area (Å²) in [6, 6.07) is 7.70. The number of anilines is 1. The van der Waals surface area contributed by atoms with Gasteiger partial charge in [-0.25, -0.2) is 4.79 Å². The average Bonchev–Trinajstić information content (AvgIpc) is 3.17. The number of aryl methyl sites for hydroxylation is 3. The van der Waals surface area contributed by atoms with Gasteiger partial charge in [0, 0.05) is 25.9 Å². The maximum absolute atomic E-state index is 12.7. The molecule has 0 spiro atoms. The lowest BCUT2D eigenvalue weighted by atomic mass is 10.3. The molecule has 0 unspecified atom stereocenters. The molecule has 0 saturated carbocycles. The van der Waals surface area contributed by atoms with Gasteiger partial charge in [-0.1, -0.05) is 37.3 Å². The summed E-state index contributed by atoms with van der Waals surface area (Å²) < 4.78 is 3.45. The van der Waals surface area contributed by atoms with E-state index < -0.39 is 0 Å². The fourth-order valence-corrected chi connectivity index (χ4v) is 3.80. The molecule has 3 rings (SSSR count). The summed E-state index contributed by atoms with van der Waals surface area (Å²) in [7, 11) is 0. The number of aromatic nitrogens is 4. The maximum atomic E-state index is 12.7. The molecule has 0 aliphatic rings. The number of imidazole rings is 1. The zero-order valence-electron chi connectivity index (χ0n) is 15.1. The van der Waals surface area contributed by atoms with Gasteiger partial charge in [0.1, 0.15) is 5.01 Å². The summed E-state index contributed by atoms with van der Waals surface area (Å²) in [4.78, 5) is 24.9. The maximum Gasteiger partial charge on any atom is 0.329 e. The molecule has 26 heavy (non-hydrogen) atoms. The Morgan fingerprint density at radius 3 is 2.42 bits per heavy atom. The third-order valence-corrected chi connectivity index (χ3v) is 5.01. The molecule has 1 amide bonds. The van der Waals surface area contributed by atoms with Crippen molar-refractivity contribution in [3.8, 4) is 0 Å². The first-order valence-electron chi connectivity index (χ1n) is 8.94. The van der Waals surface area contributed by atoms with E-state index in [0.29, 0.717) is 18.2 Å². The number of carbonyl (C=O) groups is 1. The van der Waals surface area contributed by atoms with Crippen LogP contribution in [0, 0.1) is 0 Å². The molecule has 2 aromatic heterocycles. The van der Waals surface area contributed by atoms with Gasteiger partial charge < -0.3 is 5.32 Å². The quantitative estimate of drug-likeness (QED) is 0.658. The number of nitrogens with one attached hydrogen (secondary N) is 1. The molecule has 0 aliphatic heterocycles. The van der Waals surface area contributed by atoms with Gasteiger partial charge in [-0.15, -0.1) is 10.2 Å². The number of para-hydroxylation sites is 2. The lowest BCUT2D eigenvalue weighted by Crippen LogP contribution is -2.26. The number of benzene rings is 1. The van der Waals surface area contributed by atoms with Gasteiger partial charge in [0.2, 0.25) is 11.0 Å². The van der Waals surface area contributed by atoms with Crippen molar-refractivity contribution < 1.29 is 4.79 Å². The highest BCUT2D eigenvalue weighted by atomic mass is 32.1. The fourth-order valence-electron chi connectivity index (χ4n) is 2.94. The van der Waals surface area contributed by atoms with Crippen molar-refractivity contribution in [3.63, 3.8) is 0 Å². The summed E-state index contributed by atoms with van der Waals surface area (Å²) in [5.74, 6) is -0.163. The topological polar surface area (TPSA) is 81.8 Å². The average molecular weight is 373 g/mol. The molecule has 7 nitrogen and oxygen atoms in total. The third-order valence-electron chi connectivity index (χ3n) is 4.11. The molecule has 0 fully saturated rings. The van der Waals surface area contributed by atoms with Crippen molar-refractivity contribution in [2.45, 2.75) is 52.6 Å². The van der Waals surface area contributed by atoms with Crippen LogP contribution in [0.15, 0.2) is 29.1 Å². The van der Waals surface area contributed by atoms with Gasteiger partial charge in [0.05, 0.1) is 11.0 Å². The Balaban J connectivity index is 1.72. The SMILES string of the molecule is CCCc1nnc(NC(=O)CCn2c(=O)n(CCC)c3ccccc32)s1. The smallest absolute Gasteiger partial charge is 0.300 e. The molecule has 3 aromatic rings. The largest absolute Gasteiger partial charge is 0.329 e. The molecular weight excluding hydrogens is 350 g/mol. The van der Waals surface area contributed by atoms with Crippen LogP contribution in [0.25, 0.3) is 11.0 Å². The van der Waals surface area contributed by atoms with E-state index in [-0.39, 0.29) is 18.0 Å². The van der Waals surface area contributed by atoms with Crippen molar-refractivity contribution in [2.24, 2.45) is 0 Å². The summed E-state index contributed by atoms with van der Waals surface area (Å²) in [5.41, 5.74) is 1.70. The van der Waals surface area contributed by atoms with Crippen molar-refractivity contribution in [2.75, 3.05) is 5.32 Å². The zero-order chi connectivity index (χ0) is 18.5. The second kappa shape index (κ2) is 8.27. The first-order valence-corrected chi connectivity index (χ1v) is 9.76. The molecule has 0 radical (unpaired) electrons. The van der Waals surface area contributed by atoms with Crippen LogP contribution in [0.4, 0.5) is 5.13 Å². The van der Waals surface area contributed by atoms with Gasteiger partial charge in [-0.3, -0.25) is 13.9 Å². The Labute approximate surface area is 155 Å². The highest BCUT2D eigenvalue weighted by Gasteiger charge is 2.14. The van der Waals surface area contributed by atoms with Crippen molar-refractivity contribution in [1.82, 2.24) is 19.3 Å². The number of hydrogen-bond acceptors (Lipinski definition) is 5. The lowest BCUT2D eigenvalue weighted by molar-refractivity contribution is -0.116. The van der Waals surface area contributed by atoms with Gasteiger partial charge in [-0.05, 0) is 25.0 Å². The molecule has 0 saturated heterocycles. The molecule has 1 aromatic carbocycles. The summed E-state index contributed by atoms with van der Waals surface area (Å²) in [6.07, 6.45) is 2.95. The Kier molecular flexibility index (Phi) is 5.82. The van der Waals surface area contributed by atoms with Crippen LogP contribution >= 0.6 is 11.3 Å². The molecule has 2 heterocycles. The van der Waals surface area contributed by atoms with E-state index in [4.69, 9.17) is 0 Å². The van der Waals surface area contributed by atoms with E-state index >= 15 is 0 Å². The monoisotopic (exact) mass is 373 g/mol. The Bertz CT molecular complexity index is 956. The van der Waals surface area contributed by atoms with Gasteiger partial charge in [-0.2, -0.15) is 0 Å². The Morgan fingerprint density at radius 1 is 1.08 bits per heavy atom. The molecule has 138 valence electrons. The number of rotatable bonds is 8. The molecule has 0 bridgehead atoms. The first kappa shape index (κ1) is 18.3. The van der Waals surface area contributed by atoms with E-state index in [0.717, 1.165) is 35.3 Å². The third kappa shape index (κ3) is 3.85. The first-order chi connectivity index (χ1) is 12.6. The van der Waals surface area contributed by atoms with Crippen molar-refractivity contribution >= 4 is 33.4 Å². The minimum absolute atomic E-state index is 0.0676. The minimum Gasteiger partial charge on any atom is -0.300 e. The predicted molar refractivity (Wildman–Crippen MR) is 104 cm³/mol. The van der Waals surface area contributed by atoms with E-state index in [9.17, 15) is 9.59 Å². The second-order valence-electron chi connectivity index (χ2n) is 6.12. The van der Waals surface area contributed by atoms with Gasteiger partial charge >= 0.3 is 5.69 Å². The highest BCUT2D eigenvalue weighted by Crippen LogP contribution is 2.17. The van der Waals surface area contributed by atoms with Crippen LogP contribution in [0.2, 0.25) is 0 Å². The van der Waals surface area contributed by atoms with Gasteiger partial charge in [0.25, 0.3) is 0 Å². The van der Waals surface area contributed by atoms with E-state index in [1.807, 2.05) is 31.2 Å². The molecule has 8 heteroatoms. The van der Waals surface area contributed by atoms with Gasteiger partial charge in [0.15, 0.2) is 0 Å². The van der Waals surface area contributed by atoms with E-state index in [1.165, 1.54) is 11.3 Å². The number of carbonyl (C=O) groups excluding carboxylic acids is 1. The highest BCUT2D eigenvalue weighted by molar-refractivity contribution is 7.15. The van der Waals surface area contributed by atoms with Crippen LogP contribution in [0.1, 0.15) is 38.1 Å². The fraction of sp³-hybridized carbons (Fsp3) is 0.444. The summed E-state index contributed by atoms with van der Waals surface area (Å²) in [6.45, 7) is 5.12. The Morgan fingerprint density at radius 2 is 1.77 bits per heavy atom. The number of nitrogens with zero attached hydrogens (tertiary/aromatic N) is 4. The van der Waals surface area contributed by atoms with Crippen LogP contribution < -0.4 is 11.0 Å². The van der Waals surface area contributed by atoms with E-state index in [1.54, 1.807) is 9.13 Å². The zero-order valence-corrected chi connectivity index (χ0v) is 15.9. The number of hydrogen-bond donors (Lipinski definition) is 1. The minimum atomic E-state index is -0.163. The summed E-state index contributed by atoms with van der Waals surface area (Å²) >= 11 is 1.40. The lowest BCUT2D eigenvalue weighted by Gasteiger charge is -2.03. The molecular formula is C18H23N5O2S. The standard InChI is InChI=1S/C18H23N5O2S/c1-3-7-16-20-21-17(26-16)19-15(24)10-12-23-14-9-6-5-8-13(14)22(11-4-2)18(23)25/h5-6,8-9H,3-4,7,10-12H2,1-2H3,(H,19,21,24). The normalized spacial score (nSPS) is 11.2. The molecule has 0 atom stereocenters. The van der Waals surface area contributed by atoms with Crippen LogP contribution in [-0.2, 0) is 24.3 Å². The van der Waals surface area contributed by atoms with Crippen LogP contribution in [0.5, 0.6) is 0 Å². The number of amides is 1. The van der Waals surface area contributed by atoms with E-state index in [2.05, 4.69) is 22.4 Å². The summed E-state index contributed by atoms with van der Waals surface area (Å²) in [5, 5.41) is 12.2.